The lowest BCUT2D eigenvalue weighted by Gasteiger charge is -2.45. The normalized spacial score (nSPS) is 34.9. The van der Waals surface area contributed by atoms with Crippen molar-refractivity contribution in [1.29, 1.82) is 0 Å². The van der Waals surface area contributed by atoms with Gasteiger partial charge in [0.15, 0.2) is 0 Å². The van der Waals surface area contributed by atoms with Crippen LogP contribution in [-0.4, -0.2) is 20.8 Å². The molecule has 5 unspecified atom stereocenters. The van der Waals surface area contributed by atoms with Crippen molar-refractivity contribution in [1.82, 2.24) is 20.1 Å². The summed E-state index contributed by atoms with van der Waals surface area (Å²) in [5.41, 5.74) is 3.18. The third-order valence-electron chi connectivity index (χ3n) is 6.27. The molecule has 0 spiro atoms. The lowest BCUT2D eigenvalue weighted by molar-refractivity contribution is 0.194. The monoisotopic (exact) mass is 308 g/mol. The van der Waals surface area contributed by atoms with Crippen molar-refractivity contribution in [2.75, 3.05) is 0 Å². The molecule has 1 N–H and O–H groups in total. The molecule has 120 valence electrons. The van der Waals surface area contributed by atoms with Crippen molar-refractivity contribution in [3.8, 4) is 0 Å². The number of hydrogen-bond donors (Lipinski definition) is 1. The van der Waals surface area contributed by atoms with Gasteiger partial charge in [0.2, 0.25) is 0 Å². The smallest absolute Gasteiger partial charge is 0.144 e. The fourth-order valence-corrected chi connectivity index (χ4v) is 5.25. The third-order valence-corrected chi connectivity index (χ3v) is 6.27. The zero-order valence-corrected chi connectivity index (χ0v) is 13.7. The molecule has 1 saturated carbocycles. The second-order valence-electron chi connectivity index (χ2n) is 7.59. The Hall–Kier alpha value is -1.68. The van der Waals surface area contributed by atoms with Crippen molar-refractivity contribution in [3.63, 3.8) is 0 Å². The van der Waals surface area contributed by atoms with Crippen molar-refractivity contribution < 1.29 is 0 Å². The summed E-state index contributed by atoms with van der Waals surface area (Å²) < 4.78 is 2.10. The summed E-state index contributed by atoms with van der Waals surface area (Å²) in [5, 5.41) is 8.40. The van der Waals surface area contributed by atoms with Crippen LogP contribution in [0.2, 0.25) is 0 Å². The number of hydrogen-bond acceptors (Lipinski definition) is 3. The van der Waals surface area contributed by atoms with Crippen molar-refractivity contribution in [2.24, 2.45) is 5.92 Å². The maximum Gasteiger partial charge on any atom is 0.144 e. The van der Waals surface area contributed by atoms with E-state index >= 15 is 0 Å². The Morgan fingerprint density at radius 1 is 1.22 bits per heavy atom. The largest absolute Gasteiger partial charge is 0.304 e. The zero-order valence-electron chi connectivity index (χ0n) is 13.7. The van der Waals surface area contributed by atoms with E-state index in [4.69, 9.17) is 0 Å². The molecule has 2 aromatic rings. The molecule has 2 bridgehead atoms. The molecule has 5 rings (SSSR count). The number of nitrogens with zero attached hydrogens (tertiary/aromatic N) is 3. The van der Waals surface area contributed by atoms with E-state index in [0.29, 0.717) is 24.0 Å². The molecule has 0 radical (unpaired) electrons. The lowest BCUT2D eigenvalue weighted by atomic mass is 9.65. The lowest BCUT2D eigenvalue weighted by Crippen LogP contribution is -2.48. The van der Waals surface area contributed by atoms with Crippen molar-refractivity contribution >= 4 is 0 Å². The summed E-state index contributed by atoms with van der Waals surface area (Å²) in [5.74, 6) is 2.58. The van der Waals surface area contributed by atoms with E-state index in [0.717, 1.165) is 18.2 Å². The summed E-state index contributed by atoms with van der Waals surface area (Å²) in [6, 6.07) is 10.5. The Labute approximate surface area is 137 Å². The Kier molecular flexibility index (Phi) is 3.08. The van der Waals surface area contributed by atoms with Crippen LogP contribution < -0.4 is 5.32 Å². The molecule has 4 heteroatoms. The highest BCUT2D eigenvalue weighted by molar-refractivity contribution is 5.36. The van der Waals surface area contributed by atoms with Crippen LogP contribution in [0.4, 0.5) is 0 Å². The molecular formula is C19H24N4. The molecule has 5 atom stereocenters. The average molecular weight is 308 g/mol. The summed E-state index contributed by atoms with van der Waals surface area (Å²) in [4.78, 5) is 4.52. The number of rotatable bonds is 2. The van der Waals surface area contributed by atoms with Gasteiger partial charge in [-0.05, 0) is 55.6 Å². The van der Waals surface area contributed by atoms with Gasteiger partial charge in [0, 0.05) is 6.04 Å². The van der Waals surface area contributed by atoms with Crippen LogP contribution in [-0.2, 0) is 6.42 Å². The molecule has 2 aliphatic carbocycles. The third kappa shape index (κ3) is 2.08. The first kappa shape index (κ1) is 13.7. The van der Waals surface area contributed by atoms with Gasteiger partial charge in [-0.1, -0.05) is 30.7 Å². The predicted octanol–water partition coefficient (Wildman–Crippen LogP) is 3.38. The topological polar surface area (TPSA) is 42.7 Å². The van der Waals surface area contributed by atoms with Crippen LogP contribution in [0.25, 0.3) is 0 Å². The van der Waals surface area contributed by atoms with Gasteiger partial charge in [0.25, 0.3) is 0 Å². The van der Waals surface area contributed by atoms with E-state index in [9.17, 15) is 0 Å². The van der Waals surface area contributed by atoms with Gasteiger partial charge in [-0.15, -0.1) is 0 Å². The fourth-order valence-electron chi connectivity index (χ4n) is 5.25. The van der Waals surface area contributed by atoms with Gasteiger partial charge < -0.3 is 5.32 Å². The SMILES string of the molecule is CC1CC(NC2C3CCCC2c2ccccc2C3)c2ncnn21. The highest BCUT2D eigenvalue weighted by Crippen LogP contribution is 2.45. The van der Waals surface area contributed by atoms with E-state index in [1.54, 1.807) is 17.5 Å². The van der Waals surface area contributed by atoms with Crippen LogP contribution >= 0.6 is 0 Å². The van der Waals surface area contributed by atoms with Crippen LogP contribution in [0.1, 0.15) is 67.6 Å². The molecule has 0 saturated heterocycles. The van der Waals surface area contributed by atoms with Gasteiger partial charge in [0.05, 0.1) is 12.1 Å². The van der Waals surface area contributed by atoms with Crippen molar-refractivity contribution in [3.05, 3.63) is 47.5 Å². The first-order valence-electron chi connectivity index (χ1n) is 9.04. The zero-order chi connectivity index (χ0) is 15.4. The standard InChI is InChI=1S/C19H24N4/c1-12-9-17(19-20-11-21-23(12)19)22-18-14-6-4-8-16(18)15-7-3-2-5-13(15)10-14/h2-3,5,7,11-12,14,16-18,22H,4,6,8-10H2,1H3. The highest BCUT2D eigenvalue weighted by atomic mass is 15.4. The number of benzene rings is 1. The maximum absolute atomic E-state index is 4.52. The minimum absolute atomic E-state index is 0.367. The Morgan fingerprint density at radius 3 is 3.09 bits per heavy atom. The molecular weight excluding hydrogens is 284 g/mol. The number of nitrogens with one attached hydrogen (secondary N) is 1. The molecule has 23 heavy (non-hydrogen) atoms. The minimum Gasteiger partial charge on any atom is -0.304 e. The van der Waals surface area contributed by atoms with E-state index in [-0.39, 0.29) is 0 Å². The molecule has 2 heterocycles. The molecule has 4 nitrogen and oxygen atoms in total. The van der Waals surface area contributed by atoms with E-state index in [2.05, 4.69) is 51.3 Å². The molecule has 0 amide bonds. The van der Waals surface area contributed by atoms with Crippen LogP contribution in [0.15, 0.2) is 30.6 Å². The Balaban J connectivity index is 1.46. The Morgan fingerprint density at radius 2 is 2.13 bits per heavy atom. The van der Waals surface area contributed by atoms with E-state index in [1.165, 1.54) is 25.7 Å². The molecule has 1 aromatic heterocycles. The van der Waals surface area contributed by atoms with E-state index in [1.807, 2.05) is 0 Å². The first-order chi connectivity index (χ1) is 11.3. The van der Waals surface area contributed by atoms with Crippen LogP contribution in [0.3, 0.4) is 0 Å². The molecule has 1 fully saturated rings. The number of aromatic nitrogens is 3. The van der Waals surface area contributed by atoms with Gasteiger partial charge in [-0.25, -0.2) is 9.67 Å². The van der Waals surface area contributed by atoms with Gasteiger partial charge >= 0.3 is 0 Å². The molecule has 1 aliphatic heterocycles. The van der Waals surface area contributed by atoms with Gasteiger partial charge in [0.1, 0.15) is 12.2 Å². The first-order valence-corrected chi connectivity index (χ1v) is 9.04. The molecule has 3 aliphatic rings. The van der Waals surface area contributed by atoms with Crippen LogP contribution in [0, 0.1) is 5.92 Å². The Bertz CT molecular complexity index is 722. The fraction of sp³-hybridized carbons (Fsp3) is 0.579. The summed E-state index contributed by atoms with van der Waals surface area (Å²) >= 11 is 0. The average Bonchev–Trinajstić information content (AvgIpc) is 3.13. The molecule has 1 aromatic carbocycles. The predicted molar refractivity (Wildman–Crippen MR) is 89.2 cm³/mol. The van der Waals surface area contributed by atoms with Gasteiger partial charge in [-0.2, -0.15) is 5.10 Å². The van der Waals surface area contributed by atoms with Gasteiger partial charge in [-0.3, -0.25) is 0 Å². The minimum atomic E-state index is 0.367. The quantitative estimate of drug-likeness (QED) is 0.925. The second kappa shape index (κ2) is 5.17. The van der Waals surface area contributed by atoms with Crippen molar-refractivity contribution in [2.45, 2.75) is 63.1 Å². The van der Waals surface area contributed by atoms with Crippen LogP contribution in [0.5, 0.6) is 0 Å². The summed E-state index contributed by atoms with van der Waals surface area (Å²) in [7, 11) is 0. The summed E-state index contributed by atoms with van der Waals surface area (Å²) in [6.07, 6.45) is 8.11. The number of fused-ring (bicyclic) bond motifs is 5. The van der Waals surface area contributed by atoms with E-state index < -0.39 is 0 Å². The summed E-state index contributed by atoms with van der Waals surface area (Å²) in [6.45, 7) is 2.25. The second-order valence-corrected chi connectivity index (χ2v) is 7.59. The maximum atomic E-state index is 4.52. The highest BCUT2D eigenvalue weighted by Gasteiger charge is 2.42.